The van der Waals surface area contributed by atoms with E-state index in [-0.39, 0.29) is 12.4 Å². The van der Waals surface area contributed by atoms with Crippen LogP contribution in [0.3, 0.4) is 0 Å². The highest BCUT2D eigenvalue weighted by Crippen LogP contribution is 2.21. The van der Waals surface area contributed by atoms with Crippen molar-refractivity contribution < 1.29 is 9.50 Å². The molecule has 2 nitrogen and oxygen atoms in total. The minimum Gasteiger partial charge on any atom is -0.395 e. The van der Waals surface area contributed by atoms with Crippen molar-refractivity contribution in [3.05, 3.63) is 42.4 Å². The van der Waals surface area contributed by atoms with E-state index in [0.29, 0.717) is 12.1 Å². The van der Waals surface area contributed by atoms with Crippen molar-refractivity contribution in [3.8, 4) is 0 Å². The summed E-state index contributed by atoms with van der Waals surface area (Å²) in [5.74, 6) is -0.282. The van der Waals surface area contributed by atoms with Crippen LogP contribution in [-0.4, -0.2) is 16.3 Å². The molecule has 0 spiro atoms. The van der Waals surface area contributed by atoms with Gasteiger partial charge >= 0.3 is 0 Å². The average molecular weight is 205 g/mol. The lowest BCUT2D eigenvalue weighted by atomic mass is 10.1. The highest BCUT2D eigenvalue weighted by atomic mass is 19.1. The first kappa shape index (κ1) is 9.93. The lowest BCUT2D eigenvalue weighted by Gasteiger charge is -2.03. The Morgan fingerprint density at radius 2 is 2.27 bits per heavy atom. The number of aliphatic hydroxyl groups excluding tert-OH is 1. The zero-order valence-electron chi connectivity index (χ0n) is 8.28. The van der Waals surface area contributed by atoms with Crippen molar-refractivity contribution in [3.63, 3.8) is 0 Å². The van der Waals surface area contributed by atoms with Crippen molar-refractivity contribution >= 4 is 17.0 Å². The fourth-order valence-corrected chi connectivity index (χ4v) is 1.69. The Morgan fingerprint density at radius 3 is 2.93 bits per heavy atom. The molecule has 0 radical (unpaired) electrons. The van der Waals surface area contributed by atoms with Gasteiger partial charge in [-0.25, -0.2) is 4.39 Å². The van der Waals surface area contributed by atoms with Gasteiger partial charge in [0.2, 0.25) is 0 Å². The van der Waals surface area contributed by atoms with Crippen LogP contribution in [0.2, 0.25) is 0 Å². The van der Waals surface area contributed by atoms with E-state index >= 15 is 0 Å². The molecule has 0 unspecified atom stereocenters. The quantitative estimate of drug-likeness (QED) is 0.817. The standard InChI is InChI=1S/C12H12FNO/c1-2-9-7-10-3-4-14(5-6-15)12(10)8-11(9)13/h2-4,7-8,15H,1,5-6H2. The van der Waals surface area contributed by atoms with E-state index in [1.165, 1.54) is 12.1 Å². The third kappa shape index (κ3) is 1.66. The minimum atomic E-state index is -0.282. The van der Waals surface area contributed by atoms with Crippen molar-refractivity contribution in [2.45, 2.75) is 6.54 Å². The zero-order valence-corrected chi connectivity index (χ0v) is 8.28. The van der Waals surface area contributed by atoms with Gasteiger partial charge in [0.1, 0.15) is 5.82 Å². The number of halogens is 1. The SMILES string of the molecule is C=Cc1cc2ccn(CCO)c2cc1F. The molecule has 0 saturated heterocycles. The maximum Gasteiger partial charge on any atom is 0.132 e. The first-order valence-corrected chi connectivity index (χ1v) is 4.78. The number of benzene rings is 1. The Kier molecular flexibility index (Phi) is 2.56. The Morgan fingerprint density at radius 1 is 1.47 bits per heavy atom. The molecule has 0 aliphatic heterocycles. The fourth-order valence-electron chi connectivity index (χ4n) is 1.69. The largest absolute Gasteiger partial charge is 0.395 e. The molecule has 0 fully saturated rings. The molecular weight excluding hydrogens is 193 g/mol. The predicted molar refractivity (Wildman–Crippen MR) is 59.1 cm³/mol. The number of fused-ring (bicyclic) bond motifs is 1. The zero-order chi connectivity index (χ0) is 10.8. The summed E-state index contributed by atoms with van der Waals surface area (Å²) >= 11 is 0. The van der Waals surface area contributed by atoms with Crippen molar-refractivity contribution in [1.82, 2.24) is 4.57 Å². The molecule has 0 aliphatic rings. The van der Waals surface area contributed by atoms with Crippen LogP contribution in [0.1, 0.15) is 5.56 Å². The number of hydrogen-bond donors (Lipinski definition) is 1. The number of hydrogen-bond acceptors (Lipinski definition) is 1. The van der Waals surface area contributed by atoms with E-state index in [9.17, 15) is 4.39 Å². The van der Waals surface area contributed by atoms with Crippen LogP contribution in [0.25, 0.3) is 17.0 Å². The second kappa shape index (κ2) is 3.87. The van der Waals surface area contributed by atoms with Crippen LogP contribution in [0.15, 0.2) is 31.0 Å². The van der Waals surface area contributed by atoms with Gasteiger partial charge in [0.15, 0.2) is 0 Å². The third-order valence-electron chi connectivity index (χ3n) is 2.45. The van der Waals surface area contributed by atoms with Crippen LogP contribution < -0.4 is 0 Å². The van der Waals surface area contributed by atoms with Crippen molar-refractivity contribution in [1.29, 1.82) is 0 Å². The Labute approximate surface area is 87.3 Å². The lowest BCUT2D eigenvalue weighted by Crippen LogP contribution is -2.00. The Bertz CT molecular complexity index is 502. The highest BCUT2D eigenvalue weighted by molar-refractivity contribution is 5.82. The lowest BCUT2D eigenvalue weighted by molar-refractivity contribution is 0.278. The molecule has 1 heterocycles. The summed E-state index contributed by atoms with van der Waals surface area (Å²) in [4.78, 5) is 0. The topological polar surface area (TPSA) is 25.2 Å². The summed E-state index contributed by atoms with van der Waals surface area (Å²) in [6.45, 7) is 4.09. The van der Waals surface area contributed by atoms with Crippen LogP contribution in [0.4, 0.5) is 4.39 Å². The van der Waals surface area contributed by atoms with Crippen LogP contribution in [-0.2, 0) is 6.54 Å². The van der Waals surface area contributed by atoms with Gasteiger partial charge in [0.25, 0.3) is 0 Å². The molecule has 2 aromatic rings. The van der Waals surface area contributed by atoms with Gasteiger partial charge in [-0.1, -0.05) is 12.7 Å². The predicted octanol–water partition coefficient (Wildman–Crippen LogP) is 2.42. The van der Waals surface area contributed by atoms with Gasteiger partial charge in [0.05, 0.1) is 12.1 Å². The van der Waals surface area contributed by atoms with Gasteiger partial charge < -0.3 is 9.67 Å². The van der Waals surface area contributed by atoms with Gasteiger partial charge in [0, 0.05) is 23.7 Å². The number of nitrogens with zero attached hydrogens (tertiary/aromatic N) is 1. The molecule has 0 atom stereocenters. The van der Waals surface area contributed by atoms with E-state index in [0.717, 1.165) is 10.9 Å². The minimum absolute atomic E-state index is 0.0502. The van der Waals surface area contributed by atoms with Gasteiger partial charge in [-0.15, -0.1) is 0 Å². The van der Waals surface area contributed by atoms with Gasteiger partial charge in [-0.3, -0.25) is 0 Å². The fraction of sp³-hybridized carbons (Fsp3) is 0.167. The second-order valence-electron chi connectivity index (χ2n) is 3.37. The Hall–Kier alpha value is -1.61. The summed E-state index contributed by atoms with van der Waals surface area (Å²) in [6, 6.07) is 5.13. The van der Waals surface area contributed by atoms with Crippen LogP contribution in [0, 0.1) is 5.82 Å². The summed E-state index contributed by atoms with van der Waals surface area (Å²) < 4.78 is 15.3. The third-order valence-corrected chi connectivity index (χ3v) is 2.45. The first-order chi connectivity index (χ1) is 7.26. The summed E-state index contributed by atoms with van der Waals surface area (Å²) in [5, 5.41) is 9.79. The van der Waals surface area contributed by atoms with Crippen molar-refractivity contribution in [2.75, 3.05) is 6.61 Å². The molecule has 0 amide bonds. The normalized spacial score (nSPS) is 10.8. The maximum absolute atomic E-state index is 13.5. The van der Waals surface area contributed by atoms with E-state index in [4.69, 9.17) is 5.11 Å². The molecule has 0 aliphatic carbocycles. The summed E-state index contributed by atoms with van der Waals surface area (Å²) in [6.07, 6.45) is 3.34. The van der Waals surface area contributed by atoms with E-state index in [2.05, 4.69) is 6.58 Å². The highest BCUT2D eigenvalue weighted by Gasteiger charge is 2.05. The molecular formula is C12H12FNO. The van der Waals surface area contributed by atoms with E-state index in [1.54, 1.807) is 6.07 Å². The molecule has 0 bridgehead atoms. The summed E-state index contributed by atoms with van der Waals surface area (Å²) in [5.41, 5.74) is 1.30. The Balaban J connectivity index is 2.62. The van der Waals surface area contributed by atoms with E-state index < -0.39 is 0 Å². The molecule has 2 rings (SSSR count). The monoisotopic (exact) mass is 205 g/mol. The van der Waals surface area contributed by atoms with Gasteiger partial charge in [-0.2, -0.15) is 0 Å². The molecule has 78 valence electrons. The van der Waals surface area contributed by atoms with Gasteiger partial charge in [-0.05, 0) is 18.2 Å². The molecule has 15 heavy (non-hydrogen) atoms. The van der Waals surface area contributed by atoms with E-state index in [1.807, 2.05) is 16.8 Å². The first-order valence-electron chi connectivity index (χ1n) is 4.78. The maximum atomic E-state index is 13.5. The smallest absolute Gasteiger partial charge is 0.132 e. The number of aliphatic hydroxyl groups is 1. The molecule has 1 aromatic carbocycles. The average Bonchev–Trinajstić information content (AvgIpc) is 2.61. The van der Waals surface area contributed by atoms with Crippen LogP contribution in [0.5, 0.6) is 0 Å². The van der Waals surface area contributed by atoms with Crippen LogP contribution >= 0.6 is 0 Å². The number of rotatable bonds is 3. The summed E-state index contributed by atoms with van der Waals surface area (Å²) in [7, 11) is 0. The van der Waals surface area contributed by atoms with Crippen molar-refractivity contribution in [2.24, 2.45) is 0 Å². The molecule has 1 N–H and O–H groups in total. The number of aromatic nitrogens is 1. The molecule has 3 heteroatoms. The molecule has 0 saturated carbocycles. The second-order valence-corrected chi connectivity index (χ2v) is 3.37. The molecule has 1 aromatic heterocycles.